The minimum Gasteiger partial charge on any atom is -0.497 e. The molecule has 0 bridgehead atoms. The minimum atomic E-state index is -0.421. The molecule has 0 atom stereocenters. The third-order valence-corrected chi connectivity index (χ3v) is 6.11. The van der Waals surface area contributed by atoms with Gasteiger partial charge in [-0.05, 0) is 30.2 Å². The molecule has 33 heavy (non-hydrogen) atoms. The quantitative estimate of drug-likeness (QED) is 0.426. The molecule has 0 aliphatic heterocycles. The molecular weight excluding hydrogens is 442 g/mol. The molecule has 0 spiro atoms. The topological polar surface area (TPSA) is 99.8 Å². The number of rotatable bonds is 8. The van der Waals surface area contributed by atoms with Crippen molar-refractivity contribution in [3.8, 4) is 11.5 Å². The lowest BCUT2D eigenvalue weighted by Crippen LogP contribution is -2.28. The van der Waals surface area contributed by atoms with Gasteiger partial charge in [-0.25, -0.2) is 18.9 Å². The van der Waals surface area contributed by atoms with Gasteiger partial charge in [-0.1, -0.05) is 36.9 Å². The molecule has 2 aromatic carbocycles. The number of benzene rings is 2. The van der Waals surface area contributed by atoms with Gasteiger partial charge in [0, 0.05) is 23.4 Å². The van der Waals surface area contributed by atoms with E-state index in [1.165, 1.54) is 28.8 Å². The number of hydrogen-bond donors (Lipinski definition) is 1. The highest BCUT2D eigenvalue weighted by molar-refractivity contribution is 7.99. The van der Waals surface area contributed by atoms with Crippen LogP contribution in [0.4, 0.5) is 5.69 Å². The molecular formula is C23H23N5O4S. The van der Waals surface area contributed by atoms with Crippen LogP contribution in [0.1, 0.15) is 12.5 Å². The van der Waals surface area contributed by atoms with Crippen LogP contribution in [-0.4, -0.2) is 39.3 Å². The predicted octanol–water partition coefficient (Wildman–Crippen LogP) is 3.26. The van der Waals surface area contributed by atoms with Gasteiger partial charge in [-0.2, -0.15) is 0 Å². The van der Waals surface area contributed by atoms with E-state index in [-0.39, 0.29) is 6.54 Å². The Kier molecular flexibility index (Phi) is 6.64. The van der Waals surface area contributed by atoms with Gasteiger partial charge in [0.1, 0.15) is 23.1 Å². The number of amides is 1. The Morgan fingerprint density at radius 1 is 1.15 bits per heavy atom. The van der Waals surface area contributed by atoms with E-state index in [0.717, 1.165) is 16.0 Å². The lowest BCUT2D eigenvalue weighted by molar-refractivity contribution is -0.117. The van der Waals surface area contributed by atoms with Crippen LogP contribution in [0.3, 0.4) is 0 Å². The number of fused-ring (bicyclic) bond motifs is 1. The second-order valence-electron chi connectivity index (χ2n) is 7.04. The summed E-state index contributed by atoms with van der Waals surface area (Å²) in [4.78, 5) is 31.0. The molecule has 2 heterocycles. The number of methoxy groups -OCH3 is 2. The van der Waals surface area contributed by atoms with Crippen molar-refractivity contribution < 1.29 is 14.3 Å². The number of carbonyl (C=O) groups is 1. The zero-order chi connectivity index (χ0) is 23.4. The third-order valence-electron chi connectivity index (χ3n) is 5.01. The Bertz CT molecular complexity index is 1360. The molecule has 0 aliphatic rings. The number of nitrogens with zero attached hydrogens (tertiary/aromatic N) is 4. The van der Waals surface area contributed by atoms with E-state index in [1.54, 1.807) is 37.7 Å². The summed E-state index contributed by atoms with van der Waals surface area (Å²) in [6.45, 7) is 1.83. The third kappa shape index (κ3) is 4.70. The standard InChI is InChI=1S/C23H23N5O4S/c1-4-15-7-5-6-8-19(15)33-22-21-26-28(23(30)27(21)12-11-24-22)14-20(29)25-17-10-9-16(31-2)13-18(17)32-3/h5-13H,4,14H2,1-3H3,(H,25,29). The van der Waals surface area contributed by atoms with Gasteiger partial charge in [0.2, 0.25) is 5.91 Å². The number of aromatic nitrogens is 4. The second-order valence-corrected chi connectivity index (χ2v) is 8.07. The largest absolute Gasteiger partial charge is 0.497 e. The summed E-state index contributed by atoms with van der Waals surface area (Å²) < 4.78 is 13.0. The van der Waals surface area contributed by atoms with E-state index in [2.05, 4.69) is 28.4 Å². The number of aryl methyl sites for hydroxylation is 1. The van der Waals surface area contributed by atoms with Crippen molar-refractivity contribution in [2.24, 2.45) is 0 Å². The number of nitrogens with one attached hydrogen (secondary N) is 1. The zero-order valence-corrected chi connectivity index (χ0v) is 19.3. The van der Waals surface area contributed by atoms with Crippen LogP contribution in [0.25, 0.3) is 5.65 Å². The van der Waals surface area contributed by atoms with E-state index in [9.17, 15) is 9.59 Å². The smallest absolute Gasteiger partial charge is 0.350 e. The first-order valence-corrected chi connectivity index (χ1v) is 11.1. The molecule has 2 aromatic heterocycles. The molecule has 9 nitrogen and oxygen atoms in total. The summed E-state index contributed by atoms with van der Waals surface area (Å²) >= 11 is 1.44. The van der Waals surface area contributed by atoms with Gasteiger partial charge in [0.25, 0.3) is 0 Å². The molecule has 0 saturated heterocycles. The number of carbonyl (C=O) groups excluding carboxylic acids is 1. The van der Waals surface area contributed by atoms with Crippen molar-refractivity contribution in [2.45, 2.75) is 29.8 Å². The fourth-order valence-corrected chi connectivity index (χ4v) is 4.37. The van der Waals surface area contributed by atoms with Crippen molar-refractivity contribution in [2.75, 3.05) is 19.5 Å². The predicted molar refractivity (Wildman–Crippen MR) is 125 cm³/mol. The molecule has 1 amide bonds. The maximum atomic E-state index is 12.9. The van der Waals surface area contributed by atoms with Crippen molar-refractivity contribution in [1.82, 2.24) is 19.2 Å². The van der Waals surface area contributed by atoms with Crippen LogP contribution in [0.5, 0.6) is 11.5 Å². The van der Waals surface area contributed by atoms with E-state index in [0.29, 0.717) is 27.9 Å². The van der Waals surface area contributed by atoms with Gasteiger partial charge < -0.3 is 14.8 Å². The maximum Gasteiger partial charge on any atom is 0.350 e. The Hall–Kier alpha value is -3.79. The van der Waals surface area contributed by atoms with E-state index >= 15 is 0 Å². The molecule has 4 aromatic rings. The maximum absolute atomic E-state index is 12.9. The lowest BCUT2D eigenvalue weighted by Gasteiger charge is -2.11. The first-order chi connectivity index (χ1) is 16.0. The van der Waals surface area contributed by atoms with Crippen LogP contribution < -0.4 is 20.5 Å². The van der Waals surface area contributed by atoms with Gasteiger partial charge >= 0.3 is 5.69 Å². The van der Waals surface area contributed by atoms with E-state index in [4.69, 9.17) is 9.47 Å². The first kappa shape index (κ1) is 22.4. The summed E-state index contributed by atoms with van der Waals surface area (Å²) in [6.07, 6.45) is 3.98. The fourth-order valence-electron chi connectivity index (χ4n) is 3.33. The lowest BCUT2D eigenvalue weighted by atomic mass is 10.2. The van der Waals surface area contributed by atoms with Gasteiger partial charge in [0.05, 0.1) is 19.9 Å². The number of anilines is 1. The molecule has 10 heteroatoms. The van der Waals surface area contributed by atoms with Crippen LogP contribution in [-0.2, 0) is 17.8 Å². The van der Waals surface area contributed by atoms with Gasteiger partial charge in [-0.3, -0.25) is 4.79 Å². The van der Waals surface area contributed by atoms with E-state index < -0.39 is 11.6 Å². The zero-order valence-electron chi connectivity index (χ0n) is 18.4. The average molecular weight is 466 g/mol. The summed E-state index contributed by atoms with van der Waals surface area (Å²) in [5.41, 5.74) is 1.62. The van der Waals surface area contributed by atoms with Gasteiger partial charge in [0.15, 0.2) is 5.65 Å². The molecule has 0 saturated carbocycles. The first-order valence-electron chi connectivity index (χ1n) is 10.3. The molecule has 0 fully saturated rings. The van der Waals surface area contributed by atoms with Crippen molar-refractivity contribution in [3.63, 3.8) is 0 Å². The molecule has 1 N–H and O–H groups in total. The molecule has 0 radical (unpaired) electrons. The Labute approximate surface area is 194 Å². The Morgan fingerprint density at radius 3 is 2.73 bits per heavy atom. The van der Waals surface area contributed by atoms with Crippen LogP contribution in [0.2, 0.25) is 0 Å². The average Bonchev–Trinajstić information content (AvgIpc) is 3.15. The summed E-state index contributed by atoms with van der Waals surface area (Å²) in [7, 11) is 3.05. The molecule has 0 unspecified atom stereocenters. The number of ether oxygens (including phenoxy) is 2. The van der Waals surface area contributed by atoms with Crippen LogP contribution in [0.15, 0.2) is 69.6 Å². The normalized spacial score (nSPS) is 10.9. The highest BCUT2D eigenvalue weighted by atomic mass is 32.2. The van der Waals surface area contributed by atoms with E-state index in [1.807, 2.05) is 18.2 Å². The fraction of sp³-hybridized carbons (Fsp3) is 0.217. The molecule has 0 aliphatic carbocycles. The Morgan fingerprint density at radius 2 is 1.97 bits per heavy atom. The molecule has 4 rings (SSSR count). The van der Waals surface area contributed by atoms with Crippen LogP contribution in [0, 0.1) is 0 Å². The second kappa shape index (κ2) is 9.78. The summed E-state index contributed by atoms with van der Waals surface area (Å²) in [5.74, 6) is 0.633. The van der Waals surface area contributed by atoms with Crippen molar-refractivity contribution in [3.05, 3.63) is 70.9 Å². The monoisotopic (exact) mass is 465 g/mol. The van der Waals surface area contributed by atoms with Gasteiger partial charge in [-0.15, -0.1) is 5.10 Å². The highest BCUT2D eigenvalue weighted by Crippen LogP contribution is 2.31. The van der Waals surface area contributed by atoms with Crippen molar-refractivity contribution in [1.29, 1.82) is 0 Å². The number of hydrogen-bond acceptors (Lipinski definition) is 7. The minimum absolute atomic E-state index is 0.259. The SMILES string of the molecule is CCc1ccccc1Sc1nccn2c(=O)n(CC(=O)Nc3ccc(OC)cc3OC)nc12. The highest BCUT2D eigenvalue weighted by Gasteiger charge is 2.17. The summed E-state index contributed by atoms with van der Waals surface area (Å²) in [5, 5.41) is 7.73. The van der Waals surface area contributed by atoms with Crippen LogP contribution >= 0.6 is 11.8 Å². The Balaban J connectivity index is 1.59. The summed E-state index contributed by atoms with van der Waals surface area (Å²) in [6, 6.07) is 13.1. The molecule has 170 valence electrons. The van der Waals surface area contributed by atoms with Crippen molar-refractivity contribution >= 4 is 29.0 Å².